The van der Waals surface area contributed by atoms with Gasteiger partial charge < -0.3 is 5.32 Å². The van der Waals surface area contributed by atoms with Crippen LogP contribution in [0.5, 0.6) is 0 Å². The molecule has 0 spiro atoms. The number of benzene rings is 1. The lowest BCUT2D eigenvalue weighted by molar-refractivity contribution is -0.387. The van der Waals surface area contributed by atoms with Crippen LogP contribution in [0.1, 0.15) is 11.3 Å². The fourth-order valence-corrected chi connectivity index (χ4v) is 3.89. The van der Waals surface area contributed by atoms with Crippen molar-refractivity contribution in [2.24, 2.45) is 7.05 Å². The van der Waals surface area contributed by atoms with Crippen LogP contribution in [0.25, 0.3) is 0 Å². The largest absolute Gasteiger partial charge is 0.311 e. The highest BCUT2D eigenvalue weighted by atomic mass is 32.2. The predicted octanol–water partition coefficient (Wildman–Crippen LogP) is 0.775. The molecule has 0 aliphatic carbocycles. The Morgan fingerprint density at radius 1 is 1.39 bits per heavy atom. The molecule has 122 valence electrons. The number of anilines is 1. The average Bonchev–Trinajstić information content (AvgIpc) is 2.83. The highest BCUT2D eigenvalue weighted by molar-refractivity contribution is 7.92. The van der Waals surface area contributed by atoms with E-state index in [1.807, 2.05) is 0 Å². The number of fused-ring (bicyclic) bond motifs is 1. The Hall–Kier alpha value is -2.46. The van der Waals surface area contributed by atoms with Gasteiger partial charge in [-0.05, 0) is 19.0 Å². The molecule has 10 heteroatoms. The summed E-state index contributed by atoms with van der Waals surface area (Å²) in [6.07, 6.45) is 0.637. The van der Waals surface area contributed by atoms with Gasteiger partial charge in [-0.25, -0.2) is 8.42 Å². The molecule has 0 saturated heterocycles. The van der Waals surface area contributed by atoms with Crippen molar-refractivity contribution < 1.29 is 13.3 Å². The number of hydrogen-bond acceptors (Lipinski definition) is 6. The quantitative estimate of drug-likeness (QED) is 0.628. The van der Waals surface area contributed by atoms with Crippen LogP contribution in [0.15, 0.2) is 29.2 Å². The lowest BCUT2D eigenvalue weighted by atomic mass is 10.1. The minimum atomic E-state index is -4.09. The van der Waals surface area contributed by atoms with E-state index in [0.717, 1.165) is 23.9 Å². The van der Waals surface area contributed by atoms with Crippen LogP contribution in [0, 0.1) is 10.1 Å². The molecule has 1 aliphatic heterocycles. The van der Waals surface area contributed by atoms with Gasteiger partial charge in [-0.2, -0.15) is 5.10 Å². The summed E-state index contributed by atoms with van der Waals surface area (Å²) in [7, 11) is -2.45. The third kappa shape index (κ3) is 2.78. The van der Waals surface area contributed by atoms with Crippen LogP contribution in [-0.2, 0) is 30.0 Å². The van der Waals surface area contributed by atoms with Crippen molar-refractivity contribution in [3.05, 3.63) is 45.6 Å². The molecule has 9 nitrogen and oxygen atoms in total. The minimum Gasteiger partial charge on any atom is -0.311 e. The van der Waals surface area contributed by atoms with Gasteiger partial charge in [0.1, 0.15) is 5.82 Å². The molecule has 0 unspecified atom stereocenters. The molecule has 1 aromatic carbocycles. The lowest BCUT2D eigenvalue weighted by Crippen LogP contribution is -2.24. The third-order valence-electron chi connectivity index (χ3n) is 3.66. The molecule has 0 radical (unpaired) electrons. The molecule has 2 N–H and O–H groups in total. The van der Waals surface area contributed by atoms with Crippen LogP contribution in [0.2, 0.25) is 0 Å². The zero-order valence-electron chi connectivity index (χ0n) is 12.3. The third-order valence-corrected chi connectivity index (χ3v) is 5.04. The first kappa shape index (κ1) is 15.4. The second-order valence-corrected chi connectivity index (χ2v) is 6.81. The second-order valence-electron chi connectivity index (χ2n) is 5.15. The molecule has 1 aliphatic rings. The number of nitrogens with one attached hydrogen (secondary N) is 2. The first-order chi connectivity index (χ1) is 10.9. The monoisotopic (exact) mass is 337 g/mol. The van der Waals surface area contributed by atoms with Crippen LogP contribution in [0.3, 0.4) is 0 Å². The maximum absolute atomic E-state index is 12.6. The van der Waals surface area contributed by atoms with Crippen LogP contribution >= 0.6 is 0 Å². The first-order valence-electron chi connectivity index (χ1n) is 6.92. The molecule has 2 aromatic rings. The minimum absolute atomic E-state index is 0.347. The summed E-state index contributed by atoms with van der Waals surface area (Å²) in [5.41, 5.74) is 1.13. The van der Waals surface area contributed by atoms with E-state index in [4.69, 9.17) is 0 Å². The first-order valence-corrected chi connectivity index (χ1v) is 8.40. The van der Waals surface area contributed by atoms with Gasteiger partial charge in [-0.3, -0.25) is 19.5 Å². The maximum atomic E-state index is 12.6. The summed E-state index contributed by atoms with van der Waals surface area (Å²) in [5, 5.41) is 18.5. The molecule has 0 atom stereocenters. The normalized spacial score (nSPS) is 14.3. The summed E-state index contributed by atoms with van der Waals surface area (Å²) >= 11 is 0. The predicted molar refractivity (Wildman–Crippen MR) is 82.5 cm³/mol. The van der Waals surface area contributed by atoms with E-state index >= 15 is 0 Å². The van der Waals surface area contributed by atoms with E-state index in [1.165, 1.54) is 22.9 Å². The van der Waals surface area contributed by atoms with Crippen LogP contribution in [-0.4, -0.2) is 29.7 Å². The summed E-state index contributed by atoms with van der Waals surface area (Å²) in [6.45, 7) is 1.29. The van der Waals surface area contributed by atoms with E-state index in [2.05, 4.69) is 15.1 Å². The zero-order chi connectivity index (χ0) is 16.6. The van der Waals surface area contributed by atoms with Crippen molar-refractivity contribution >= 4 is 21.5 Å². The number of rotatable bonds is 4. The molecule has 0 fully saturated rings. The molecule has 0 saturated carbocycles. The maximum Gasteiger partial charge on any atom is 0.289 e. The van der Waals surface area contributed by atoms with Gasteiger partial charge in [0, 0.05) is 25.2 Å². The Balaban J connectivity index is 2.03. The fourth-order valence-electron chi connectivity index (χ4n) is 2.59. The van der Waals surface area contributed by atoms with Crippen molar-refractivity contribution in [2.75, 3.05) is 11.3 Å². The number of nitro benzene ring substituents is 1. The van der Waals surface area contributed by atoms with Crippen molar-refractivity contribution in [1.29, 1.82) is 0 Å². The molecule has 3 rings (SSSR count). The Morgan fingerprint density at radius 3 is 2.87 bits per heavy atom. The number of para-hydroxylation sites is 1. The fraction of sp³-hybridized carbons (Fsp3) is 0.308. The van der Waals surface area contributed by atoms with Gasteiger partial charge in [-0.15, -0.1) is 0 Å². The van der Waals surface area contributed by atoms with Gasteiger partial charge in [0.25, 0.3) is 15.7 Å². The van der Waals surface area contributed by atoms with E-state index < -0.39 is 20.6 Å². The molecular weight excluding hydrogens is 322 g/mol. The zero-order valence-corrected chi connectivity index (χ0v) is 13.1. The molecule has 0 bridgehead atoms. The Labute approximate surface area is 132 Å². The van der Waals surface area contributed by atoms with E-state index in [0.29, 0.717) is 18.8 Å². The SMILES string of the molecule is Cn1nc2c(c1NS(=O)(=O)c1ccccc1[N+](=O)[O-])CCNC2. The van der Waals surface area contributed by atoms with E-state index in [9.17, 15) is 18.5 Å². The number of hydrogen-bond donors (Lipinski definition) is 2. The Kier molecular flexibility index (Phi) is 3.78. The highest BCUT2D eigenvalue weighted by Gasteiger charge is 2.28. The molecule has 0 amide bonds. The van der Waals surface area contributed by atoms with Crippen molar-refractivity contribution in [1.82, 2.24) is 15.1 Å². The molecule has 23 heavy (non-hydrogen) atoms. The number of sulfonamides is 1. The summed E-state index contributed by atoms with van der Waals surface area (Å²) in [6, 6.07) is 5.25. The summed E-state index contributed by atoms with van der Waals surface area (Å²) < 4.78 is 29.1. The topological polar surface area (TPSA) is 119 Å². The smallest absolute Gasteiger partial charge is 0.289 e. The van der Waals surface area contributed by atoms with Gasteiger partial charge >= 0.3 is 0 Å². The Bertz CT molecular complexity index is 874. The summed E-state index contributed by atoms with van der Waals surface area (Å²) in [4.78, 5) is 9.98. The average molecular weight is 337 g/mol. The van der Waals surface area contributed by atoms with Crippen LogP contribution in [0.4, 0.5) is 11.5 Å². The van der Waals surface area contributed by atoms with Gasteiger partial charge in [-0.1, -0.05) is 12.1 Å². The molecule has 1 aromatic heterocycles. The molecule has 2 heterocycles. The number of nitro groups is 1. The standard InChI is InChI=1S/C13H15N5O4S/c1-17-13(9-6-7-14-8-10(9)15-17)16-23(21,22)12-5-3-2-4-11(12)18(19)20/h2-5,14,16H,6-8H2,1H3. The Morgan fingerprint density at radius 2 is 2.13 bits per heavy atom. The number of nitrogens with zero attached hydrogens (tertiary/aromatic N) is 3. The van der Waals surface area contributed by atoms with E-state index in [-0.39, 0.29) is 4.90 Å². The van der Waals surface area contributed by atoms with Gasteiger partial charge in [0.2, 0.25) is 0 Å². The van der Waals surface area contributed by atoms with Crippen molar-refractivity contribution in [3.8, 4) is 0 Å². The van der Waals surface area contributed by atoms with Crippen molar-refractivity contribution in [3.63, 3.8) is 0 Å². The van der Waals surface area contributed by atoms with Crippen LogP contribution < -0.4 is 10.0 Å². The van der Waals surface area contributed by atoms with Crippen molar-refractivity contribution in [2.45, 2.75) is 17.9 Å². The number of aryl methyl sites for hydroxylation is 1. The van der Waals surface area contributed by atoms with Gasteiger partial charge in [0.05, 0.1) is 10.6 Å². The second kappa shape index (κ2) is 5.63. The summed E-state index contributed by atoms with van der Waals surface area (Å²) in [5.74, 6) is 0.347. The molecular formula is C13H15N5O4S. The van der Waals surface area contributed by atoms with E-state index in [1.54, 1.807) is 7.05 Å². The number of aromatic nitrogens is 2. The van der Waals surface area contributed by atoms with Gasteiger partial charge in [0.15, 0.2) is 4.90 Å². The lowest BCUT2D eigenvalue weighted by Gasteiger charge is -2.14. The highest BCUT2D eigenvalue weighted by Crippen LogP contribution is 2.28.